The van der Waals surface area contributed by atoms with E-state index < -0.39 is 5.60 Å². The number of ether oxygens (including phenoxy) is 1. The average Bonchev–Trinajstić information content (AvgIpc) is 2.87. The first kappa shape index (κ1) is 14.5. The third kappa shape index (κ3) is 2.67. The van der Waals surface area contributed by atoms with Crippen LogP contribution in [-0.4, -0.2) is 22.4 Å². The molecule has 0 atom stereocenters. The Labute approximate surface area is 131 Å². The largest absolute Gasteiger partial charge is 0.476 e. The standard InChI is InChI=1S/C15H15N3O3S/c1-8-16-11(7-22-8)13(19)17-9-4-5-12-10(6-9)18-14(20)15(2,3)21-12/h4-7H,1-3H3,(H,17,19)(H,18,20). The van der Waals surface area contributed by atoms with Crippen LogP contribution in [0.25, 0.3) is 0 Å². The van der Waals surface area contributed by atoms with E-state index in [9.17, 15) is 9.59 Å². The number of hydrogen-bond acceptors (Lipinski definition) is 5. The van der Waals surface area contributed by atoms with Gasteiger partial charge in [0.1, 0.15) is 11.4 Å². The SMILES string of the molecule is Cc1nc(C(=O)Nc2ccc3c(c2)NC(=O)C(C)(C)O3)cs1. The van der Waals surface area contributed by atoms with Gasteiger partial charge in [0.05, 0.1) is 10.7 Å². The number of fused-ring (bicyclic) bond motifs is 1. The zero-order valence-electron chi connectivity index (χ0n) is 12.4. The van der Waals surface area contributed by atoms with Crippen molar-refractivity contribution < 1.29 is 14.3 Å². The number of aromatic nitrogens is 1. The van der Waals surface area contributed by atoms with Crippen molar-refractivity contribution in [2.45, 2.75) is 26.4 Å². The Balaban J connectivity index is 1.81. The van der Waals surface area contributed by atoms with E-state index in [4.69, 9.17) is 4.74 Å². The average molecular weight is 317 g/mol. The fourth-order valence-electron chi connectivity index (χ4n) is 2.05. The normalized spacial score (nSPS) is 15.5. The summed E-state index contributed by atoms with van der Waals surface area (Å²) < 4.78 is 5.64. The maximum absolute atomic E-state index is 12.1. The second kappa shape index (κ2) is 5.10. The topological polar surface area (TPSA) is 80.3 Å². The summed E-state index contributed by atoms with van der Waals surface area (Å²) in [6, 6.07) is 5.11. The minimum atomic E-state index is -0.907. The van der Waals surface area contributed by atoms with E-state index in [-0.39, 0.29) is 11.8 Å². The highest BCUT2D eigenvalue weighted by atomic mass is 32.1. The highest BCUT2D eigenvalue weighted by Crippen LogP contribution is 2.35. The van der Waals surface area contributed by atoms with Gasteiger partial charge >= 0.3 is 0 Å². The van der Waals surface area contributed by atoms with E-state index in [1.807, 2.05) is 6.92 Å². The van der Waals surface area contributed by atoms with Crippen LogP contribution >= 0.6 is 11.3 Å². The Hall–Kier alpha value is -2.41. The highest BCUT2D eigenvalue weighted by molar-refractivity contribution is 7.09. The van der Waals surface area contributed by atoms with Crippen molar-refractivity contribution in [3.8, 4) is 5.75 Å². The smallest absolute Gasteiger partial charge is 0.275 e. The van der Waals surface area contributed by atoms with Crippen LogP contribution in [0.5, 0.6) is 5.75 Å². The second-order valence-corrected chi connectivity index (χ2v) is 6.55. The van der Waals surface area contributed by atoms with Crippen LogP contribution in [0.3, 0.4) is 0 Å². The number of nitrogens with zero attached hydrogens (tertiary/aromatic N) is 1. The molecule has 3 rings (SSSR count). The van der Waals surface area contributed by atoms with E-state index in [0.717, 1.165) is 5.01 Å². The third-order valence-corrected chi connectivity index (χ3v) is 4.02. The van der Waals surface area contributed by atoms with Crippen molar-refractivity contribution in [1.82, 2.24) is 4.98 Å². The molecule has 0 saturated carbocycles. The Morgan fingerprint density at radius 1 is 1.41 bits per heavy atom. The van der Waals surface area contributed by atoms with E-state index >= 15 is 0 Å². The Bertz CT molecular complexity index is 767. The summed E-state index contributed by atoms with van der Waals surface area (Å²) in [4.78, 5) is 28.1. The van der Waals surface area contributed by atoms with Gasteiger partial charge in [-0.25, -0.2) is 4.98 Å². The zero-order valence-corrected chi connectivity index (χ0v) is 13.2. The van der Waals surface area contributed by atoms with E-state index in [0.29, 0.717) is 22.8 Å². The minimum Gasteiger partial charge on any atom is -0.476 e. The molecule has 0 saturated heterocycles. The van der Waals surface area contributed by atoms with Crippen molar-refractivity contribution in [3.05, 3.63) is 34.3 Å². The van der Waals surface area contributed by atoms with Crippen LogP contribution in [0.4, 0.5) is 11.4 Å². The van der Waals surface area contributed by atoms with Crippen molar-refractivity contribution in [3.63, 3.8) is 0 Å². The number of rotatable bonds is 2. The van der Waals surface area contributed by atoms with Gasteiger partial charge in [-0.05, 0) is 39.0 Å². The number of amides is 2. The fraction of sp³-hybridized carbons (Fsp3) is 0.267. The first-order valence-electron chi connectivity index (χ1n) is 6.73. The maximum atomic E-state index is 12.1. The summed E-state index contributed by atoms with van der Waals surface area (Å²) in [6.45, 7) is 5.24. The summed E-state index contributed by atoms with van der Waals surface area (Å²) in [5, 5.41) is 8.07. The lowest BCUT2D eigenvalue weighted by Gasteiger charge is -2.31. The molecule has 0 unspecified atom stereocenters. The molecular weight excluding hydrogens is 302 g/mol. The lowest BCUT2D eigenvalue weighted by atomic mass is 10.1. The Morgan fingerprint density at radius 3 is 2.86 bits per heavy atom. The molecule has 0 aliphatic carbocycles. The van der Waals surface area contributed by atoms with E-state index in [1.165, 1.54) is 11.3 Å². The van der Waals surface area contributed by atoms with Crippen molar-refractivity contribution in [2.24, 2.45) is 0 Å². The Morgan fingerprint density at radius 2 is 2.18 bits per heavy atom. The fourth-order valence-corrected chi connectivity index (χ4v) is 2.64. The Kier molecular flexibility index (Phi) is 3.37. The van der Waals surface area contributed by atoms with Crippen LogP contribution in [0, 0.1) is 6.92 Å². The summed E-state index contributed by atoms with van der Waals surface area (Å²) >= 11 is 1.42. The van der Waals surface area contributed by atoms with Crippen molar-refractivity contribution in [2.75, 3.05) is 10.6 Å². The molecule has 0 fully saturated rings. The number of benzene rings is 1. The van der Waals surface area contributed by atoms with Gasteiger partial charge in [0.15, 0.2) is 5.60 Å². The number of carbonyl (C=O) groups excluding carboxylic acids is 2. The summed E-state index contributed by atoms with van der Waals surface area (Å²) in [7, 11) is 0. The molecule has 2 aromatic rings. The summed E-state index contributed by atoms with van der Waals surface area (Å²) in [5.74, 6) is 0.0680. The monoisotopic (exact) mass is 317 g/mol. The molecule has 22 heavy (non-hydrogen) atoms. The van der Waals surface area contributed by atoms with E-state index in [1.54, 1.807) is 37.4 Å². The number of hydrogen-bond donors (Lipinski definition) is 2. The predicted molar refractivity (Wildman–Crippen MR) is 84.6 cm³/mol. The molecule has 2 N–H and O–H groups in total. The van der Waals surface area contributed by atoms with Crippen LogP contribution in [-0.2, 0) is 4.79 Å². The van der Waals surface area contributed by atoms with Gasteiger partial charge in [0, 0.05) is 11.1 Å². The van der Waals surface area contributed by atoms with Gasteiger partial charge in [-0.1, -0.05) is 0 Å². The van der Waals surface area contributed by atoms with E-state index in [2.05, 4.69) is 15.6 Å². The molecule has 2 heterocycles. The van der Waals surface area contributed by atoms with Gasteiger partial charge in [-0.15, -0.1) is 11.3 Å². The lowest BCUT2D eigenvalue weighted by Crippen LogP contribution is -2.45. The van der Waals surface area contributed by atoms with Crippen LogP contribution in [0.2, 0.25) is 0 Å². The third-order valence-electron chi connectivity index (χ3n) is 3.25. The minimum absolute atomic E-state index is 0.224. The molecule has 1 aliphatic rings. The van der Waals surface area contributed by atoms with Gasteiger partial charge < -0.3 is 15.4 Å². The molecule has 1 aromatic carbocycles. The molecule has 6 nitrogen and oxygen atoms in total. The van der Waals surface area contributed by atoms with Gasteiger partial charge in [0.2, 0.25) is 0 Å². The van der Waals surface area contributed by atoms with Crippen LogP contribution in [0.1, 0.15) is 29.3 Å². The quantitative estimate of drug-likeness (QED) is 0.892. The van der Waals surface area contributed by atoms with Gasteiger partial charge in [-0.2, -0.15) is 0 Å². The van der Waals surface area contributed by atoms with Crippen LogP contribution < -0.4 is 15.4 Å². The maximum Gasteiger partial charge on any atom is 0.275 e. The molecule has 114 valence electrons. The molecule has 0 spiro atoms. The second-order valence-electron chi connectivity index (χ2n) is 5.48. The number of thiazole rings is 1. The molecule has 7 heteroatoms. The number of nitrogens with one attached hydrogen (secondary N) is 2. The first-order chi connectivity index (χ1) is 10.3. The lowest BCUT2D eigenvalue weighted by molar-refractivity contribution is -0.129. The zero-order chi connectivity index (χ0) is 15.9. The summed E-state index contributed by atoms with van der Waals surface area (Å²) in [6.07, 6.45) is 0. The predicted octanol–water partition coefficient (Wildman–Crippen LogP) is 2.81. The van der Waals surface area contributed by atoms with Crippen molar-refractivity contribution >= 4 is 34.5 Å². The number of aryl methyl sites for hydroxylation is 1. The first-order valence-corrected chi connectivity index (χ1v) is 7.61. The van der Waals surface area contributed by atoms with Gasteiger partial charge in [-0.3, -0.25) is 9.59 Å². The number of carbonyl (C=O) groups is 2. The van der Waals surface area contributed by atoms with Crippen LogP contribution in [0.15, 0.2) is 23.6 Å². The van der Waals surface area contributed by atoms with Crippen molar-refractivity contribution in [1.29, 1.82) is 0 Å². The molecule has 0 bridgehead atoms. The molecular formula is C15H15N3O3S. The highest BCUT2D eigenvalue weighted by Gasteiger charge is 2.35. The molecule has 0 radical (unpaired) electrons. The molecule has 1 aromatic heterocycles. The summed E-state index contributed by atoms with van der Waals surface area (Å²) in [5.41, 5.74) is 0.576. The number of anilines is 2. The molecule has 2 amide bonds. The molecule has 1 aliphatic heterocycles. The van der Waals surface area contributed by atoms with Gasteiger partial charge in [0.25, 0.3) is 11.8 Å².